The molecule has 0 bridgehead atoms. The van der Waals surface area contributed by atoms with Gasteiger partial charge in [0, 0.05) is 0 Å². The SMILES string of the molecule is O=C(O)c1ccccc1CS(=O)(=O)c1cc(F)ccc1F. The van der Waals surface area contributed by atoms with E-state index < -0.39 is 38.1 Å². The Labute approximate surface area is 119 Å². The fourth-order valence-electron chi connectivity index (χ4n) is 1.85. The number of halogens is 2. The van der Waals surface area contributed by atoms with E-state index in [1.54, 1.807) is 0 Å². The number of aromatic carboxylic acids is 1. The van der Waals surface area contributed by atoms with E-state index in [0.29, 0.717) is 12.1 Å². The molecular formula is C14H10F2O4S. The molecule has 0 saturated heterocycles. The first-order chi connectivity index (χ1) is 9.81. The van der Waals surface area contributed by atoms with Gasteiger partial charge in [-0.25, -0.2) is 22.0 Å². The van der Waals surface area contributed by atoms with Gasteiger partial charge in [0.25, 0.3) is 0 Å². The summed E-state index contributed by atoms with van der Waals surface area (Å²) in [6.45, 7) is 0. The van der Waals surface area contributed by atoms with E-state index in [0.717, 1.165) is 6.07 Å². The Morgan fingerprint density at radius 2 is 1.76 bits per heavy atom. The third kappa shape index (κ3) is 3.25. The van der Waals surface area contributed by atoms with Crippen LogP contribution < -0.4 is 0 Å². The van der Waals surface area contributed by atoms with Gasteiger partial charge in [0.1, 0.15) is 16.5 Å². The normalized spacial score (nSPS) is 11.3. The Hall–Kier alpha value is -2.28. The molecule has 1 N–H and O–H groups in total. The van der Waals surface area contributed by atoms with Crippen molar-refractivity contribution in [2.75, 3.05) is 0 Å². The number of rotatable bonds is 4. The summed E-state index contributed by atoms with van der Waals surface area (Å²) in [6, 6.07) is 7.58. The van der Waals surface area contributed by atoms with E-state index in [1.165, 1.54) is 24.3 Å². The lowest BCUT2D eigenvalue weighted by molar-refractivity contribution is 0.0696. The van der Waals surface area contributed by atoms with Crippen molar-refractivity contribution >= 4 is 15.8 Å². The Bertz CT molecular complexity index is 800. The number of carboxylic acid groups (broad SMARTS) is 1. The van der Waals surface area contributed by atoms with Crippen LogP contribution in [0.2, 0.25) is 0 Å². The minimum absolute atomic E-state index is 0.00802. The van der Waals surface area contributed by atoms with Crippen LogP contribution in [-0.2, 0) is 15.6 Å². The first kappa shape index (κ1) is 15.1. The van der Waals surface area contributed by atoms with Gasteiger partial charge in [-0.1, -0.05) is 18.2 Å². The van der Waals surface area contributed by atoms with Crippen molar-refractivity contribution in [2.45, 2.75) is 10.6 Å². The zero-order valence-corrected chi connectivity index (χ0v) is 11.4. The Morgan fingerprint density at radius 1 is 1.10 bits per heavy atom. The average Bonchev–Trinajstić information content (AvgIpc) is 2.41. The van der Waals surface area contributed by atoms with Crippen molar-refractivity contribution in [1.29, 1.82) is 0 Å². The lowest BCUT2D eigenvalue weighted by Crippen LogP contribution is -2.11. The van der Waals surface area contributed by atoms with Crippen molar-refractivity contribution < 1.29 is 27.1 Å². The van der Waals surface area contributed by atoms with Crippen molar-refractivity contribution in [3.8, 4) is 0 Å². The quantitative estimate of drug-likeness (QED) is 0.942. The van der Waals surface area contributed by atoms with Crippen LogP contribution in [-0.4, -0.2) is 19.5 Å². The number of benzene rings is 2. The molecule has 0 aliphatic heterocycles. The number of carboxylic acids is 1. The van der Waals surface area contributed by atoms with Gasteiger partial charge in [0.05, 0.1) is 11.3 Å². The molecular weight excluding hydrogens is 302 g/mol. The number of hydrogen-bond acceptors (Lipinski definition) is 3. The second-order valence-corrected chi connectivity index (χ2v) is 6.25. The number of hydrogen-bond donors (Lipinski definition) is 1. The van der Waals surface area contributed by atoms with Crippen molar-refractivity contribution in [1.82, 2.24) is 0 Å². The third-order valence-electron chi connectivity index (χ3n) is 2.82. The fourth-order valence-corrected chi connectivity index (χ4v) is 3.33. The molecule has 0 unspecified atom stereocenters. The summed E-state index contributed by atoms with van der Waals surface area (Å²) in [5.74, 6) is -3.98. The van der Waals surface area contributed by atoms with Gasteiger partial charge in [-0.05, 0) is 29.8 Å². The summed E-state index contributed by atoms with van der Waals surface area (Å²) in [7, 11) is -4.20. The second-order valence-electron chi connectivity index (χ2n) is 4.30. The number of carbonyl (C=O) groups is 1. The maximum absolute atomic E-state index is 13.6. The minimum atomic E-state index is -4.20. The molecule has 0 aliphatic carbocycles. The monoisotopic (exact) mass is 312 g/mol. The molecule has 0 spiro atoms. The standard InChI is InChI=1S/C14H10F2O4S/c15-10-5-6-12(16)13(7-10)21(19,20)8-9-3-1-2-4-11(9)14(17)18/h1-7H,8H2,(H,17,18). The topological polar surface area (TPSA) is 71.4 Å². The van der Waals surface area contributed by atoms with Crippen molar-refractivity contribution in [3.63, 3.8) is 0 Å². The van der Waals surface area contributed by atoms with E-state index in [-0.39, 0.29) is 11.1 Å². The van der Waals surface area contributed by atoms with E-state index in [1.807, 2.05) is 0 Å². The van der Waals surface area contributed by atoms with Crippen LogP contribution in [0.25, 0.3) is 0 Å². The maximum Gasteiger partial charge on any atom is 0.335 e. The van der Waals surface area contributed by atoms with Gasteiger partial charge in [-0.15, -0.1) is 0 Å². The lowest BCUT2D eigenvalue weighted by atomic mass is 10.1. The summed E-state index contributed by atoms with van der Waals surface area (Å²) >= 11 is 0. The van der Waals surface area contributed by atoms with Gasteiger partial charge >= 0.3 is 5.97 Å². The third-order valence-corrected chi connectivity index (χ3v) is 4.50. The van der Waals surface area contributed by atoms with Gasteiger partial charge in [-0.2, -0.15) is 0 Å². The molecule has 0 radical (unpaired) electrons. The van der Waals surface area contributed by atoms with Gasteiger partial charge in [0.2, 0.25) is 0 Å². The van der Waals surface area contributed by atoms with Crippen LogP contribution in [0.3, 0.4) is 0 Å². The Morgan fingerprint density at radius 3 is 2.43 bits per heavy atom. The Kier molecular flexibility index (Phi) is 4.04. The molecule has 7 heteroatoms. The summed E-state index contributed by atoms with van der Waals surface area (Å²) in [5, 5.41) is 9.00. The van der Waals surface area contributed by atoms with Crippen molar-refractivity contribution in [3.05, 3.63) is 65.2 Å². The summed E-state index contributed by atoms with van der Waals surface area (Å²) in [6.07, 6.45) is 0. The molecule has 4 nitrogen and oxygen atoms in total. The minimum Gasteiger partial charge on any atom is -0.478 e. The van der Waals surface area contributed by atoms with Crippen LogP contribution >= 0.6 is 0 Å². The van der Waals surface area contributed by atoms with Gasteiger partial charge < -0.3 is 5.11 Å². The maximum atomic E-state index is 13.6. The van der Waals surface area contributed by atoms with Gasteiger partial charge in [0.15, 0.2) is 9.84 Å². The molecule has 0 amide bonds. The highest BCUT2D eigenvalue weighted by Crippen LogP contribution is 2.22. The lowest BCUT2D eigenvalue weighted by Gasteiger charge is -2.08. The molecule has 0 aromatic heterocycles. The van der Waals surface area contributed by atoms with Crippen LogP contribution in [0, 0.1) is 11.6 Å². The summed E-state index contributed by atoms with van der Waals surface area (Å²) in [5.41, 5.74) is -0.188. The second kappa shape index (κ2) is 5.61. The first-order valence-electron chi connectivity index (χ1n) is 5.80. The Balaban J connectivity index is 2.48. The van der Waals surface area contributed by atoms with E-state index >= 15 is 0 Å². The number of sulfone groups is 1. The predicted molar refractivity (Wildman–Crippen MR) is 70.6 cm³/mol. The molecule has 0 aliphatic rings. The highest BCUT2D eigenvalue weighted by Gasteiger charge is 2.23. The molecule has 0 fully saturated rings. The fraction of sp³-hybridized carbons (Fsp3) is 0.0714. The van der Waals surface area contributed by atoms with E-state index in [4.69, 9.17) is 5.11 Å². The molecule has 2 aromatic rings. The zero-order chi connectivity index (χ0) is 15.6. The average molecular weight is 312 g/mol. The zero-order valence-electron chi connectivity index (χ0n) is 10.6. The summed E-state index contributed by atoms with van der Waals surface area (Å²) < 4.78 is 51.0. The van der Waals surface area contributed by atoms with E-state index in [9.17, 15) is 22.0 Å². The largest absolute Gasteiger partial charge is 0.478 e. The highest BCUT2D eigenvalue weighted by molar-refractivity contribution is 7.90. The van der Waals surface area contributed by atoms with Crippen LogP contribution in [0.4, 0.5) is 8.78 Å². The van der Waals surface area contributed by atoms with Crippen molar-refractivity contribution in [2.24, 2.45) is 0 Å². The van der Waals surface area contributed by atoms with Gasteiger partial charge in [-0.3, -0.25) is 0 Å². The molecule has 0 saturated carbocycles. The van der Waals surface area contributed by atoms with Crippen LogP contribution in [0.1, 0.15) is 15.9 Å². The van der Waals surface area contributed by atoms with E-state index in [2.05, 4.69) is 0 Å². The highest BCUT2D eigenvalue weighted by atomic mass is 32.2. The summed E-state index contributed by atoms with van der Waals surface area (Å²) in [4.78, 5) is 10.2. The molecule has 21 heavy (non-hydrogen) atoms. The smallest absolute Gasteiger partial charge is 0.335 e. The molecule has 2 aromatic carbocycles. The molecule has 0 atom stereocenters. The predicted octanol–water partition coefficient (Wildman–Crippen LogP) is 2.64. The first-order valence-corrected chi connectivity index (χ1v) is 7.45. The molecule has 110 valence electrons. The van der Waals surface area contributed by atoms with Crippen LogP contribution in [0.15, 0.2) is 47.4 Å². The van der Waals surface area contributed by atoms with Crippen LogP contribution in [0.5, 0.6) is 0 Å². The molecule has 2 rings (SSSR count). The molecule has 0 heterocycles.